The van der Waals surface area contributed by atoms with Crippen molar-refractivity contribution in [2.75, 3.05) is 25.0 Å². The smallest absolute Gasteiger partial charge is 0.240 e. The molecule has 0 bridgehead atoms. The lowest BCUT2D eigenvalue weighted by molar-refractivity contribution is -0.120. The molecule has 104 valence electrons. The maximum Gasteiger partial charge on any atom is 0.240 e. The van der Waals surface area contributed by atoms with Gasteiger partial charge in [0.05, 0.1) is 6.54 Å². The van der Waals surface area contributed by atoms with Gasteiger partial charge in [-0.3, -0.25) is 9.69 Å². The van der Waals surface area contributed by atoms with E-state index in [1.54, 1.807) is 4.90 Å². The summed E-state index contributed by atoms with van der Waals surface area (Å²) in [7, 11) is 1.83. The standard InChI is InChI=1S/C15H23N3O/c1-12-10-13(16)8-9-18(12)11-15(19)17(2)14-6-4-3-5-7-14/h3-7,12-13H,8-11,16H2,1-2H3. The molecule has 2 N–H and O–H groups in total. The summed E-state index contributed by atoms with van der Waals surface area (Å²) >= 11 is 0. The highest BCUT2D eigenvalue weighted by atomic mass is 16.2. The summed E-state index contributed by atoms with van der Waals surface area (Å²) in [4.78, 5) is 16.2. The Morgan fingerprint density at radius 3 is 2.74 bits per heavy atom. The summed E-state index contributed by atoms with van der Waals surface area (Å²) in [5.41, 5.74) is 6.89. The van der Waals surface area contributed by atoms with E-state index in [0.29, 0.717) is 12.6 Å². The van der Waals surface area contributed by atoms with Gasteiger partial charge in [0.2, 0.25) is 5.91 Å². The molecule has 1 aromatic rings. The number of carbonyl (C=O) groups is 1. The highest BCUT2D eigenvalue weighted by Gasteiger charge is 2.25. The fraction of sp³-hybridized carbons (Fsp3) is 0.533. The minimum atomic E-state index is 0.133. The van der Waals surface area contributed by atoms with Gasteiger partial charge < -0.3 is 10.6 Å². The molecule has 2 atom stereocenters. The number of benzene rings is 1. The van der Waals surface area contributed by atoms with Crippen LogP contribution in [0.5, 0.6) is 0 Å². The molecule has 2 rings (SSSR count). The number of hydrogen-bond donors (Lipinski definition) is 1. The molecule has 0 saturated carbocycles. The van der Waals surface area contributed by atoms with Crippen LogP contribution in [-0.2, 0) is 4.79 Å². The van der Waals surface area contributed by atoms with Crippen LogP contribution in [0.15, 0.2) is 30.3 Å². The van der Waals surface area contributed by atoms with Gasteiger partial charge in [-0.15, -0.1) is 0 Å². The molecule has 1 amide bonds. The molecule has 0 aromatic heterocycles. The molecular formula is C15H23N3O. The molecule has 1 fully saturated rings. The Hall–Kier alpha value is -1.39. The summed E-state index contributed by atoms with van der Waals surface area (Å²) in [6, 6.07) is 10.4. The Kier molecular flexibility index (Phi) is 4.56. The van der Waals surface area contributed by atoms with Gasteiger partial charge in [0.1, 0.15) is 0 Å². The highest BCUT2D eigenvalue weighted by molar-refractivity contribution is 5.94. The first-order valence-electron chi connectivity index (χ1n) is 6.89. The van der Waals surface area contributed by atoms with Crippen molar-refractivity contribution in [3.63, 3.8) is 0 Å². The molecule has 0 aliphatic carbocycles. The summed E-state index contributed by atoms with van der Waals surface area (Å²) < 4.78 is 0. The molecule has 1 saturated heterocycles. The molecule has 2 unspecified atom stereocenters. The zero-order valence-electron chi connectivity index (χ0n) is 11.7. The quantitative estimate of drug-likeness (QED) is 0.896. The van der Waals surface area contributed by atoms with E-state index in [1.807, 2.05) is 37.4 Å². The van der Waals surface area contributed by atoms with E-state index in [2.05, 4.69) is 11.8 Å². The zero-order chi connectivity index (χ0) is 13.8. The number of hydrogen-bond acceptors (Lipinski definition) is 3. The lowest BCUT2D eigenvalue weighted by atomic mass is 9.99. The number of amides is 1. The zero-order valence-corrected chi connectivity index (χ0v) is 11.7. The van der Waals surface area contributed by atoms with E-state index in [4.69, 9.17) is 5.73 Å². The molecule has 1 aliphatic rings. The molecule has 1 heterocycles. The molecule has 1 aromatic carbocycles. The van der Waals surface area contributed by atoms with Crippen LogP contribution in [-0.4, -0.2) is 43.0 Å². The fourth-order valence-corrected chi connectivity index (χ4v) is 2.57. The number of nitrogens with two attached hydrogens (primary N) is 1. The van der Waals surface area contributed by atoms with Gasteiger partial charge in [-0.25, -0.2) is 0 Å². The largest absolute Gasteiger partial charge is 0.328 e. The average molecular weight is 261 g/mol. The van der Waals surface area contributed by atoms with Gasteiger partial charge >= 0.3 is 0 Å². The van der Waals surface area contributed by atoms with Gasteiger partial charge in [0.15, 0.2) is 0 Å². The molecule has 1 aliphatic heterocycles. The first-order valence-corrected chi connectivity index (χ1v) is 6.89. The molecule has 0 spiro atoms. The number of nitrogens with zero attached hydrogens (tertiary/aromatic N) is 2. The van der Waals surface area contributed by atoms with Crippen molar-refractivity contribution in [2.24, 2.45) is 5.73 Å². The van der Waals surface area contributed by atoms with Crippen LogP contribution < -0.4 is 10.6 Å². The second-order valence-electron chi connectivity index (χ2n) is 5.39. The van der Waals surface area contributed by atoms with Crippen LogP contribution in [0.1, 0.15) is 19.8 Å². The number of para-hydroxylation sites is 1. The topological polar surface area (TPSA) is 49.6 Å². The monoisotopic (exact) mass is 261 g/mol. The van der Waals surface area contributed by atoms with Gasteiger partial charge in [-0.05, 0) is 31.9 Å². The molecule has 4 nitrogen and oxygen atoms in total. The molecule has 4 heteroatoms. The Bertz CT molecular complexity index is 421. The summed E-state index contributed by atoms with van der Waals surface area (Å²) in [6.45, 7) is 3.53. The Labute approximate surface area is 115 Å². The Morgan fingerprint density at radius 2 is 2.11 bits per heavy atom. The maximum absolute atomic E-state index is 12.3. The maximum atomic E-state index is 12.3. The van der Waals surface area contributed by atoms with E-state index in [-0.39, 0.29) is 11.9 Å². The highest BCUT2D eigenvalue weighted by Crippen LogP contribution is 2.17. The van der Waals surface area contributed by atoms with Gasteiger partial charge in [-0.1, -0.05) is 18.2 Å². The van der Waals surface area contributed by atoms with Gasteiger partial charge in [0, 0.05) is 31.4 Å². The number of piperidine rings is 1. The van der Waals surface area contributed by atoms with E-state index < -0.39 is 0 Å². The van der Waals surface area contributed by atoms with Crippen molar-refractivity contribution in [1.82, 2.24) is 4.90 Å². The normalized spacial score (nSPS) is 24.2. The third-order valence-corrected chi connectivity index (χ3v) is 3.91. The predicted molar refractivity (Wildman–Crippen MR) is 78.1 cm³/mol. The van der Waals surface area contributed by atoms with E-state index in [1.165, 1.54) is 0 Å². The minimum Gasteiger partial charge on any atom is -0.328 e. The molecule has 0 radical (unpaired) electrons. The second-order valence-corrected chi connectivity index (χ2v) is 5.39. The number of carbonyl (C=O) groups excluding carboxylic acids is 1. The summed E-state index contributed by atoms with van der Waals surface area (Å²) in [5.74, 6) is 0.133. The average Bonchev–Trinajstić information content (AvgIpc) is 2.42. The van der Waals surface area contributed by atoms with E-state index >= 15 is 0 Å². The SMILES string of the molecule is CC1CC(N)CCN1CC(=O)N(C)c1ccccc1. The fourth-order valence-electron chi connectivity index (χ4n) is 2.57. The second kappa shape index (κ2) is 6.17. The van der Waals surface area contributed by atoms with E-state index in [0.717, 1.165) is 25.1 Å². The lowest BCUT2D eigenvalue weighted by Gasteiger charge is -2.36. The molecule has 19 heavy (non-hydrogen) atoms. The third-order valence-electron chi connectivity index (χ3n) is 3.91. The van der Waals surface area contributed by atoms with Crippen molar-refractivity contribution in [3.05, 3.63) is 30.3 Å². The predicted octanol–water partition coefficient (Wildman–Crippen LogP) is 1.46. The first-order chi connectivity index (χ1) is 9.08. The van der Waals surface area contributed by atoms with Crippen LogP contribution in [0.4, 0.5) is 5.69 Å². The van der Waals surface area contributed by atoms with Crippen molar-refractivity contribution in [3.8, 4) is 0 Å². The first kappa shape index (κ1) is 14.0. The lowest BCUT2D eigenvalue weighted by Crippen LogP contribution is -2.49. The third kappa shape index (κ3) is 3.55. The van der Waals surface area contributed by atoms with Crippen molar-refractivity contribution >= 4 is 11.6 Å². The van der Waals surface area contributed by atoms with Crippen molar-refractivity contribution in [2.45, 2.75) is 31.8 Å². The van der Waals surface area contributed by atoms with Crippen LogP contribution in [0.25, 0.3) is 0 Å². The minimum absolute atomic E-state index is 0.133. The summed E-state index contributed by atoms with van der Waals surface area (Å²) in [6.07, 6.45) is 1.95. The van der Waals surface area contributed by atoms with Crippen LogP contribution in [0, 0.1) is 0 Å². The number of likely N-dealkylation sites (N-methyl/N-ethyl adjacent to an activating group) is 1. The number of likely N-dealkylation sites (tertiary alicyclic amines) is 1. The van der Waals surface area contributed by atoms with Gasteiger partial charge in [-0.2, -0.15) is 0 Å². The van der Waals surface area contributed by atoms with Crippen molar-refractivity contribution < 1.29 is 4.79 Å². The molecular weight excluding hydrogens is 238 g/mol. The van der Waals surface area contributed by atoms with Crippen LogP contribution in [0.2, 0.25) is 0 Å². The van der Waals surface area contributed by atoms with Crippen LogP contribution >= 0.6 is 0 Å². The summed E-state index contributed by atoms with van der Waals surface area (Å²) in [5, 5.41) is 0. The van der Waals surface area contributed by atoms with Crippen molar-refractivity contribution in [1.29, 1.82) is 0 Å². The number of anilines is 1. The Balaban J connectivity index is 1.94. The number of rotatable bonds is 3. The van der Waals surface area contributed by atoms with E-state index in [9.17, 15) is 4.79 Å². The van der Waals surface area contributed by atoms with Gasteiger partial charge in [0.25, 0.3) is 0 Å². The van der Waals surface area contributed by atoms with Crippen LogP contribution in [0.3, 0.4) is 0 Å². The Morgan fingerprint density at radius 1 is 1.42 bits per heavy atom.